The average molecular weight is 426 g/mol. The van der Waals surface area contributed by atoms with E-state index in [1.165, 1.54) is 11.8 Å². The van der Waals surface area contributed by atoms with Crippen molar-refractivity contribution >= 4 is 38.6 Å². The summed E-state index contributed by atoms with van der Waals surface area (Å²) in [6, 6.07) is 6.28. The summed E-state index contributed by atoms with van der Waals surface area (Å²) in [5, 5.41) is 2.78. The Morgan fingerprint density at radius 2 is 1.82 bits per heavy atom. The van der Waals surface area contributed by atoms with Gasteiger partial charge in [0.2, 0.25) is 15.9 Å². The highest BCUT2D eigenvalue weighted by Crippen LogP contribution is 2.30. The zero-order valence-electron chi connectivity index (χ0n) is 16.3. The standard InChI is InChI=1S/C19H27N3O4S2/c1-14-4-3-5-15(2)22(14)28(25,26)17-8-6-16(7-9-17)20-18(23)10-11-21-12-13-27-19(21)24/h6-9,14-15H,3-5,10-13H2,1-2H3,(H,20,23). The van der Waals surface area contributed by atoms with Crippen molar-refractivity contribution in [1.29, 1.82) is 0 Å². The first-order valence-electron chi connectivity index (χ1n) is 9.64. The van der Waals surface area contributed by atoms with Crippen LogP contribution in [0.25, 0.3) is 0 Å². The van der Waals surface area contributed by atoms with Crippen LogP contribution in [-0.4, -0.2) is 59.7 Å². The number of nitrogens with zero attached hydrogens (tertiary/aromatic N) is 2. The lowest BCUT2D eigenvalue weighted by Crippen LogP contribution is -2.47. The average Bonchev–Trinajstić information content (AvgIpc) is 3.05. The molecular weight excluding hydrogens is 398 g/mol. The van der Waals surface area contributed by atoms with Crippen molar-refractivity contribution in [1.82, 2.24) is 9.21 Å². The molecule has 9 heteroatoms. The molecule has 0 aromatic heterocycles. The van der Waals surface area contributed by atoms with Gasteiger partial charge in [0.05, 0.1) is 4.90 Å². The van der Waals surface area contributed by atoms with Crippen molar-refractivity contribution < 1.29 is 18.0 Å². The number of anilines is 1. The fraction of sp³-hybridized carbons (Fsp3) is 0.579. The lowest BCUT2D eigenvalue weighted by atomic mass is 10.0. The van der Waals surface area contributed by atoms with Gasteiger partial charge in [-0.3, -0.25) is 9.59 Å². The molecule has 2 aliphatic rings. The predicted molar refractivity (Wildman–Crippen MR) is 111 cm³/mol. The van der Waals surface area contributed by atoms with E-state index < -0.39 is 10.0 Å². The molecule has 7 nitrogen and oxygen atoms in total. The SMILES string of the molecule is CC1CCCC(C)N1S(=O)(=O)c1ccc(NC(=O)CCN2CCSC2=O)cc1. The fourth-order valence-corrected chi connectivity index (χ4v) is 6.53. The maximum Gasteiger partial charge on any atom is 0.281 e. The molecule has 28 heavy (non-hydrogen) atoms. The molecule has 0 bridgehead atoms. The Bertz CT molecular complexity index is 816. The second kappa shape index (κ2) is 8.84. The van der Waals surface area contributed by atoms with Crippen LogP contribution in [0.3, 0.4) is 0 Å². The van der Waals surface area contributed by atoms with E-state index in [4.69, 9.17) is 0 Å². The Balaban J connectivity index is 1.61. The molecule has 2 amide bonds. The minimum atomic E-state index is -3.56. The number of benzene rings is 1. The van der Waals surface area contributed by atoms with E-state index in [0.29, 0.717) is 18.8 Å². The van der Waals surface area contributed by atoms with Crippen LogP contribution in [0.4, 0.5) is 10.5 Å². The van der Waals surface area contributed by atoms with Crippen LogP contribution < -0.4 is 5.32 Å². The number of thioether (sulfide) groups is 1. The number of nitrogens with one attached hydrogen (secondary N) is 1. The summed E-state index contributed by atoms with van der Waals surface area (Å²) in [6.45, 7) is 4.97. The number of carbonyl (C=O) groups excluding carboxylic acids is 2. The Labute approximate surface area is 170 Å². The number of sulfonamides is 1. The van der Waals surface area contributed by atoms with E-state index in [1.807, 2.05) is 13.8 Å². The van der Waals surface area contributed by atoms with E-state index >= 15 is 0 Å². The zero-order valence-corrected chi connectivity index (χ0v) is 17.9. The molecule has 1 aromatic rings. The molecule has 2 unspecified atom stereocenters. The van der Waals surface area contributed by atoms with E-state index in [0.717, 1.165) is 25.0 Å². The summed E-state index contributed by atoms with van der Waals surface area (Å²) in [6.07, 6.45) is 3.00. The lowest BCUT2D eigenvalue weighted by molar-refractivity contribution is -0.116. The van der Waals surface area contributed by atoms with Gasteiger partial charge in [-0.05, 0) is 51.0 Å². The van der Waals surface area contributed by atoms with Crippen molar-refractivity contribution in [3.8, 4) is 0 Å². The molecule has 2 atom stereocenters. The highest BCUT2D eigenvalue weighted by Gasteiger charge is 2.35. The van der Waals surface area contributed by atoms with Crippen LogP contribution in [0.1, 0.15) is 39.5 Å². The largest absolute Gasteiger partial charge is 0.332 e. The molecule has 2 fully saturated rings. The van der Waals surface area contributed by atoms with Crippen LogP contribution in [0.5, 0.6) is 0 Å². The van der Waals surface area contributed by atoms with Gasteiger partial charge in [0.15, 0.2) is 0 Å². The number of hydrogen-bond donors (Lipinski definition) is 1. The molecule has 3 rings (SSSR count). The maximum atomic E-state index is 13.0. The van der Waals surface area contributed by atoms with Crippen LogP contribution in [-0.2, 0) is 14.8 Å². The number of amides is 2. The lowest BCUT2D eigenvalue weighted by Gasteiger charge is -2.37. The van der Waals surface area contributed by atoms with Crippen molar-refractivity contribution in [2.24, 2.45) is 0 Å². The highest BCUT2D eigenvalue weighted by atomic mass is 32.2. The highest BCUT2D eigenvalue weighted by molar-refractivity contribution is 8.13. The van der Waals surface area contributed by atoms with Crippen LogP contribution in [0.15, 0.2) is 29.2 Å². The van der Waals surface area contributed by atoms with Crippen molar-refractivity contribution in [3.63, 3.8) is 0 Å². The van der Waals surface area contributed by atoms with Gasteiger partial charge in [0, 0.05) is 43.0 Å². The molecule has 2 heterocycles. The third-order valence-corrected chi connectivity index (χ3v) is 8.31. The zero-order chi connectivity index (χ0) is 20.3. The summed E-state index contributed by atoms with van der Waals surface area (Å²) >= 11 is 1.27. The molecule has 1 N–H and O–H groups in total. The molecule has 0 aliphatic carbocycles. The number of carbonyl (C=O) groups is 2. The molecule has 2 aliphatic heterocycles. The number of hydrogen-bond acceptors (Lipinski definition) is 5. The second-order valence-electron chi connectivity index (χ2n) is 7.39. The van der Waals surface area contributed by atoms with Crippen molar-refractivity contribution in [2.45, 2.75) is 56.5 Å². The summed E-state index contributed by atoms with van der Waals surface area (Å²) in [5.74, 6) is 0.573. The third kappa shape index (κ3) is 4.69. The van der Waals surface area contributed by atoms with Gasteiger partial charge < -0.3 is 10.2 Å². The first-order valence-corrected chi connectivity index (χ1v) is 12.1. The smallest absolute Gasteiger partial charge is 0.281 e. The molecule has 1 aromatic carbocycles. The van der Waals surface area contributed by atoms with Crippen LogP contribution in [0, 0.1) is 0 Å². The molecule has 154 valence electrons. The fourth-order valence-electron chi connectivity index (χ4n) is 3.79. The van der Waals surface area contributed by atoms with E-state index in [9.17, 15) is 18.0 Å². The third-order valence-electron chi connectivity index (χ3n) is 5.28. The maximum absolute atomic E-state index is 13.0. The monoisotopic (exact) mass is 425 g/mol. The first kappa shape index (κ1) is 21.1. The Morgan fingerprint density at radius 1 is 1.18 bits per heavy atom. The quantitative estimate of drug-likeness (QED) is 0.757. The summed E-state index contributed by atoms with van der Waals surface area (Å²) in [7, 11) is -3.56. The van der Waals surface area contributed by atoms with Crippen LogP contribution >= 0.6 is 11.8 Å². The van der Waals surface area contributed by atoms with Gasteiger partial charge in [-0.15, -0.1) is 0 Å². The van der Waals surface area contributed by atoms with Crippen molar-refractivity contribution in [2.75, 3.05) is 24.2 Å². The van der Waals surface area contributed by atoms with E-state index in [-0.39, 0.29) is 34.5 Å². The van der Waals surface area contributed by atoms with Gasteiger partial charge in [0.25, 0.3) is 5.24 Å². The summed E-state index contributed by atoms with van der Waals surface area (Å²) < 4.78 is 27.6. The van der Waals surface area contributed by atoms with Gasteiger partial charge in [-0.25, -0.2) is 8.42 Å². The van der Waals surface area contributed by atoms with Gasteiger partial charge in [-0.2, -0.15) is 4.31 Å². The Hall–Kier alpha value is -1.58. The Morgan fingerprint density at radius 3 is 2.39 bits per heavy atom. The molecular formula is C19H27N3O4S2. The molecule has 0 radical (unpaired) electrons. The normalized spacial score (nSPS) is 23.8. The number of rotatable bonds is 6. The number of piperidine rings is 1. The molecule has 0 saturated carbocycles. The van der Waals surface area contributed by atoms with Crippen LogP contribution in [0.2, 0.25) is 0 Å². The topological polar surface area (TPSA) is 86.8 Å². The second-order valence-corrected chi connectivity index (χ2v) is 10.3. The van der Waals surface area contributed by atoms with Gasteiger partial charge in [0.1, 0.15) is 0 Å². The predicted octanol–water partition coefficient (Wildman–Crippen LogP) is 3.14. The van der Waals surface area contributed by atoms with E-state index in [1.54, 1.807) is 33.5 Å². The molecule has 2 saturated heterocycles. The Kier molecular flexibility index (Phi) is 6.67. The van der Waals surface area contributed by atoms with Crippen molar-refractivity contribution in [3.05, 3.63) is 24.3 Å². The van der Waals surface area contributed by atoms with E-state index in [2.05, 4.69) is 5.32 Å². The minimum absolute atomic E-state index is 0.0143. The summed E-state index contributed by atoms with van der Waals surface area (Å²) in [5.41, 5.74) is 0.547. The first-order chi connectivity index (χ1) is 13.3. The molecule has 0 spiro atoms. The summed E-state index contributed by atoms with van der Waals surface area (Å²) in [4.78, 5) is 25.6. The minimum Gasteiger partial charge on any atom is -0.332 e. The van der Waals surface area contributed by atoms with Gasteiger partial charge in [-0.1, -0.05) is 18.2 Å². The van der Waals surface area contributed by atoms with Gasteiger partial charge >= 0.3 is 0 Å².